The first-order valence-electron chi connectivity index (χ1n) is 10.1. The van der Waals surface area contributed by atoms with Crippen LogP contribution in [0.5, 0.6) is 0 Å². The predicted octanol–water partition coefficient (Wildman–Crippen LogP) is -0.930. The first-order chi connectivity index (χ1) is 14.9. The molecule has 31 heavy (non-hydrogen) atoms. The second-order valence-corrected chi connectivity index (χ2v) is 7.83. The fraction of sp³-hybridized carbons (Fsp3) is 0.650. The molecular weight excluding hydrogens is 410 g/mol. The molecule has 0 bridgehead atoms. The van der Waals surface area contributed by atoms with Crippen LogP contribution in [-0.2, 0) is 33.3 Å². The number of amides is 1. The van der Waals surface area contributed by atoms with Gasteiger partial charge in [-0.3, -0.25) is 9.59 Å². The van der Waals surface area contributed by atoms with E-state index < -0.39 is 23.5 Å². The van der Waals surface area contributed by atoms with Gasteiger partial charge >= 0.3 is 6.09 Å². The van der Waals surface area contributed by atoms with Crippen molar-refractivity contribution in [1.82, 2.24) is 10.2 Å². The number of primary amides is 1. The van der Waals surface area contributed by atoms with Crippen LogP contribution in [-0.4, -0.2) is 94.2 Å². The average molecular weight is 437 g/mol. The molecule has 0 aromatic rings. The number of carbonyl (C=O) groups excluding carboxylic acids is 3. The Morgan fingerprint density at radius 1 is 1.19 bits per heavy atom. The maximum Gasteiger partial charge on any atom is 0.404 e. The van der Waals surface area contributed by atoms with Gasteiger partial charge in [0.2, 0.25) is 11.6 Å². The van der Waals surface area contributed by atoms with Gasteiger partial charge in [0.1, 0.15) is 13.2 Å². The third kappa shape index (κ3) is 3.32. The normalized spacial score (nSPS) is 31.1. The van der Waals surface area contributed by atoms with Crippen LogP contribution in [0.4, 0.5) is 4.79 Å². The number of Topliss-reactive ketones (excluding diaryl/α,β-unsaturated/α-hetero) is 2. The Kier molecular flexibility index (Phi) is 5.77. The van der Waals surface area contributed by atoms with Gasteiger partial charge < -0.3 is 39.6 Å². The zero-order valence-electron chi connectivity index (χ0n) is 17.8. The quantitative estimate of drug-likeness (QED) is 0.249. The highest BCUT2D eigenvalue weighted by molar-refractivity contribution is 6.25. The van der Waals surface area contributed by atoms with Crippen LogP contribution in [0.2, 0.25) is 0 Å². The molecule has 3 heterocycles. The molecule has 3 N–H and O–H groups in total. The van der Waals surface area contributed by atoms with E-state index >= 15 is 0 Å². The lowest BCUT2D eigenvalue weighted by molar-refractivity contribution is -0.137. The maximum absolute atomic E-state index is 13.5. The molecule has 3 unspecified atom stereocenters. The molecule has 4 atom stereocenters. The van der Waals surface area contributed by atoms with Gasteiger partial charge in [-0.2, -0.15) is 0 Å². The number of carbonyl (C=O) groups is 3. The standard InChI is InChI=1S/C20H27N3O8/c1-10-15(24)14-13(16(25)17(10)30-7-6-29-5-4-27-2)11(9-31-19(21)26)20(28-3)18-12(22-18)8-23(14)20/h11-12,18,22H,4-9H2,1-3H3,(H2,21,26)/t11?,12?,18?,20-/m1/s1. The summed E-state index contributed by atoms with van der Waals surface area (Å²) in [6.07, 6.45) is -0.962. The van der Waals surface area contributed by atoms with E-state index in [0.29, 0.717) is 25.5 Å². The van der Waals surface area contributed by atoms with Gasteiger partial charge in [0.05, 0.1) is 37.5 Å². The van der Waals surface area contributed by atoms with Crippen LogP contribution < -0.4 is 11.1 Å². The lowest BCUT2D eigenvalue weighted by Gasteiger charge is -2.39. The van der Waals surface area contributed by atoms with E-state index in [1.165, 1.54) is 7.11 Å². The van der Waals surface area contributed by atoms with Gasteiger partial charge in [0.15, 0.2) is 11.5 Å². The van der Waals surface area contributed by atoms with Crippen molar-refractivity contribution in [2.75, 3.05) is 53.8 Å². The summed E-state index contributed by atoms with van der Waals surface area (Å²) in [7, 11) is 3.10. The number of hydrogen-bond acceptors (Lipinski definition) is 10. The highest BCUT2D eigenvalue weighted by Crippen LogP contribution is 2.55. The van der Waals surface area contributed by atoms with Gasteiger partial charge in [-0.05, 0) is 6.92 Å². The van der Waals surface area contributed by atoms with Gasteiger partial charge in [-0.15, -0.1) is 0 Å². The molecule has 4 aliphatic rings. The molecule has 0 spiro atoms. The Hall–Kier alpha value is -2.47. The van der Waals surface area contributed by atoms with Gasteiger partial charge in [0.25, 0.3) is 0 Å². The first kappa shape index (κ1) is 21.8. The SMILES string of the molecule is COCCOCCOC1=C(C)C(=O)C2=C(C1=O)C(COC(N)=O)[C@@]1(OC)C3NC3CN21. The Bertz CT molecular complexity index is 868. The largest absolute Gasteiger partial charge is 0.487 e. The molecule has 4 rings (SSSR count). The number of rotatable bonds is 10. The average Bonchev–Trinajstić information content (AvgIpc) is 3.35. The number of nitrogens with two attached hydrogens (primary N) is 1. The number of ether oxygens (including phenoxy) is 5. The zero-order chi connectivity index (χ0) is 22.3. The van der Waals surface area contributed by atoms with E-state index in [4.69, 9.17) is 29.4 Å². The molecule has 11 heteroatoms. The number of piperazine rings is 1. The number of nitrogens with zero attached hydrogens (tertiary/aromatic N) is 1. The minimum Gasteiger partial charge on any atom is -0.487 e. The van der Waals surface area contributed by atoms with Crippen LogP contribution in [0.1, 0.15) is 6.92 Å². The molecule has 0 aromatic heterocycles. The summed E-state index contributed by atoms with van der Waals surface area (Å²) in [6, 6.07) is 0.0446. The Morgan fingerprint density at radius 3 is 2.61 bits per heavy atom. The minimum atomic E-state index is -1.00. The van der Waals surface area contributed by atoms with Crippen molar-refractivity contribution < 1.29 is 38.1 Å². The van der Waals surface area contributed by atoms with E-state index in [1.54, 1.807) is 14.0 Å². The summed E-state index contributed by atoms with van der Waals surface area (Å²) in [5, 5.41) is 3.31. The third-order valence-electron chi connectivity index (χ3n) is 6.28. The third-order valence-corrected chi connectivity index (χ3v) is 6.28. The molecule has 2 fully saturated rings. The molecule has 0 saturated carbocycles. The van der Waals surface area contributed by atoms with Crippen molar-refractivity contribution in [3.63, 3.8) is 0 Å². The first-order valence-corrected chi connectivity index (χ1v) is 10.1. The van der Waals surface area contributed by atoms with Crippen LogP contribution in [0, 0.1) is 5.92 Å². The number of methoxy groups -OCH3 is 2. The number of allylic oxidation sites excluding steroid dienone is 2. The number of hydrogen-bond donors (Lipinski definition) is 2. The summed E-state index contributed by atoms with van der Waals surface area (Å²) in [5.74, 6) is -1.42. The van der Waals surface area contributed by atoms with E-state index in [0.717, 1.165) is 0 Å². The Balaban J connectivity index is 1.59. The van der Waals surface area contributed by atoms with Gasteiger partial charge in [0, 0.05) is 38.0 Å². The highest BCUT2D eigenvalue weighted by atomic mass is 16.6. The molecule has 11 nitrogen and oxygen atoms in total. The summed E-state index contributed by atoms with van der Waals surface area (Å²) >= 11 is 0. The van der Waals surface area contributed by atoms with E-state index in [9.17, 15) is 14.4 Å². The Labute approximate surface area is 179 Å². The predicted molar refractivity (Wildman–Crippen MR) is 105 cm³/mol. The molecule has 170 valence electrons. The van der Waals surface area contributed by atoms with Crippen LogP contribution in [0.3, 0.4) is 0 Å². The van der Waals surface area contributed by atoms with Crippen molar-refractivity contribution in [2.45, 2.75) is 24.7 Å². The van der Waals surface area contributed by atoms with E-state index in [2.05, 4.69) is 5.32 Å². The lowest BCUT2D eigenvalue weighted by Crippen LogP contribution is -2.55. The molecular formula is C20H27N3O8. The summed E-state index contributed by atoms with van der Waals surface area (Å²) in [4.78, 5) is 39.9. The van der Waals surface area contributed by atoms with Crippen molar-refractivity contribution >= 4 is 17.7 Å². The monoisotopic (exact) mass is 437 g/mol. The van der Waals surface area contributed by atoms with Crippen molar-refractivity contribution in [3.05, 3.63) is 22.6 Å². The number of fused-ring (bicyclic) bond motifs is 4. The van der Waals surface area contributed by atoms with Gasteiger partial charge in [-0.25, -0.2) is 4.79 Å². The van der Waals surface area contributed by atoms with E-state index in [1.807, 2.05) is 4.90 Å². The Morgan fingerprint density at radius 2 is 1.94 bits per heavy atom. The summed E-state index contributed by atoms with van der Waals surface area (Å²) in [5.41, 5.74) is 4.93. The zero-order valence-corrected chi connectivity index (χ0v) is 17.8. The second kappa shape index (κ2) is 8.23. The van der Waals surface area contributed by atoms with E-state index in [-0.39, 0.29) is 54.6 Å². The second-order valence-electron chi connectivity index (χ2n) is 7.83. The molecule has 3 aliphatic heterocycles. The number of nitrogens with one attached hydrogen (secondary N) is 1. The summed E-state index contributed by atoms with van der Waals surface area (Å²) < 4.78 is 26.9. The van der Waals surface area contributed by atoms with Gasteiger partial charge in [-0.1, -0.05) is 0 Å². The van der Waals surface area contributed by atoms with Crippen molar-refractivity contribution in [2.24, 2.45) is 11.7 Å². The van der Waals surface area contributed by atoms with Crippen LogP contribution in [0.15, 0.2) is 22.6 Å². The molecule has 1 aliphatic carbocycles. The molecule has 2 saturated heterocycles. The fourth-order valence-electron chi connectivity index (χ4n) is 4.89. The smallest absolute Gasteiger partial charge is 0.404 e. The lowest BCUT2D eigenvalue weighted by atomic mass is 9.83. The summed E-state index contributed by atoms with van der Waals surface area (Å²) in [6.45, 7) is 3.09. The molecule has 0 radical (unpaired) electrons. The fourth-order valence-corrected chi connectivity index (χ4v) is 4.89. The minimum absolute atomic E-state index is 0.0177. The van der Waals surface area contributed by atoms with Crippen LogP contribution >= 0.6 is 0 Å². The van der Waals surface area contributed by atoms with Crippen molar-refractivity contribution in [3.8, 4) is 0 Å². The van der Waals surface area contributed by atoms with Crippen molar-refractivity contribution in [1.29, 1.82) is 0 Å². The number of ketones is 2. The molecule has 0 aromatic carbocycles. The maximum atomic E-state index is 13.5. The molecule has 1 amide bonds. The highest BCUT2D eigenvalue weighted by Gasteiger charge is 2.72. The van der Waals surface area contributed by atoms with Crippen LogP contribution in [0.25, 0.3) is 0 Å². The topological polar surface area (TPSA) is 149 Å².